The second kappa shape index (κ2) is 6.66. The van der Waals surface area contributed by atoms with E-state index in [-0.39, 0.29) is 30.6 Å². The van der Waals surface area contributed by atoms with E-state index < -0.39 is 0 Å². The first-order chi connectivity index (χ1) is 11.1. The van der Waals surface area contributed by atoms with Crippen LogP contribution in [0.25, 0.3) is 0 Å². The standard InChI is InChI=1S/C15H22N4O4/c1-3-12-16-13(23-17-12)4-5-14(20)19-7-6-11-10(8-19)18(2)15(21)9-22-11/h10-11H,3-9H2,1-2H3/t10-,11+/m0/s1. The van der Waals surface area contributed by atoms with Crippen LogP contribution in [0.1, 0.15) is 31.5 Å². The molecule has 2 aliphatic heterocycles. The largest absolute Gasteiger partial charge is 0.366 e. The van der Waals surface area contributed by atoms with Gasteiger partial charge in [-0.3, -0.25) is 9.59 Å². The van der Waals surface area contributed by atoms with E-state index in [0.29, 0.717) is 44.1 Å². The summed E-state index contributed by atoms with van der Waals surface area (Å²) in [5, 5.41) is 3.83. The molecule has 3 rings (SSSR count). The van der Waals surface area contributed by atoms with Gasteiger partial charge >= 0.3 is 0 Å². The zero-order chi connectivity index (χ0) is 16.4. The van der Waals surface area contributed by atoms with E-state index in [2.05, 4.69) is 10.1 Å². The molecular formula is C15H22N4O4. The summed E-state index contributed by atoms with van der Waals surface area (Å²) in [4.78, 5) is 31.9. The Morgan fingerprint density at radius 2 is 2.26 bits per heavy atom. The van der Waals surface area contributed by atoms with Crippen LogP contribution in [0.15, 0.2) is 4.52 Å². The van der Waals surface area contributed by atoms with Crippen LogP contribution in [0, 0.1) is 0 Å². The molecule has 0 unspecified atom stereocenters. The molecule has 2 aliphatic rings. The Balaban J connectivity index is 1.54. The van der Waals surface area contributed by atoms with Crippen molar-refractivity contribution in [1.82, 2.24) is 19.9 Å². The lowest BCUT2D eigenvalue weighted by atomic mass is 9.98. The number of rotatable bonds is 4. The van der Waals surface area contributed by atoms with Gasteiger partial charge in [-0.15, -0.1) is 0 Å². The Kier molecular flexibility index (Phi) is 4.61. The lowest BCUT2D eigenvalue weighted by molar-refractivity contribution is -0.163. The Bertz CT molecular complexity index is 588. The van der Waals surface area contributed by atoms with Crippen LogP contribution in [0.4, 0.5) is 0 Å². The van der Waals surface area contributed by atoms with Gasteiger partial charge in [0.15, 0.2) is 5.82 Å². The fourth-order valence-corrected chi connectivity index (χ4v) is 3.08. The number of ether oxygens (including phenoxy) is 1. The summed E-state index contributed by atoms with van der Waals surface area (Å²) >= 11 is 0. The van der Waals surface area contributed by atoms with Gasteiger partial charge in [0.25, 0.3) is 0 Å². The van der Waals surface area contributed by atoms with Crippen LogP contribution in [0.2, 0.25) is 0 Å². The predicted octanol–water partition coefficient (Wildman–Crippen LogP) is 0.0227. The Labute approximate surface area is 134 Å². The molecule has 8 nitrogen and oxygen atoms in total. The van der Waals surface area contributed by atoms with Gasteiger partial charge in [-0.25, -0.2) is 0 Å². The molecule has 0 radical (unpaired) electrons. The van der Waals surface area contributed by atoms with Crippen molar-refractivity contribution in [3.05, 3.63) is 11.7 Å². The number of amides is 2. The molecule has 23 heavy (non-hydrogen) atoms. The number of hydrogen-bond acceptors (Lipinski definition) is 6. The van der Waals surface area contributed by atoms with E-state index in [4.69, 9.17) is 9.26 Å². The van der Waals surface area contributed by atoms with Gasteiger partial charge in [0.2, 0.25) is 17.7 Å². The summed E-state index contributed by atoms with van der Waals surface area (Å²) < 4.78 is 10.7. The number of likely N-dealkylation sites (N-methyl/N-ethyl adjacent to an activating group) is 1. The van der Waals surface area contributed by atoms with Crippen molar-refractivity contribution in [2.24, 2.45) is 0 Å². The number of hydrogen-bond donors (Lipinski definition) is 0. The smallest absolute Gasteiger partial charge is 0.248 e. The number of carbonyl (C=O) groups is 2. The summed E-state index contributed by atoms with van der Waals surface area (Å²) in [6, 6.07) is -0.0518. The van der Waals surface area contributed by atoms with Crippen molar-refractivity contribution in [1.29, 1.82) is 0 Å². The number of aryl methyl sites for hydroxylation is 2. The van der Waals surface area contributed by atoms with Gasteiger partial charge in [-0.2, -0.15) is 4.98 Å². The number of nitrogens with zero attached hydrogens (tertiary/aromatic N) is 4. The molecule has 2 amide bonds. The highest BCUT2D eigenvalue weighted by atomic mass is 16.5. The van der Waals surface area contributed by atoms with Crippen molar-refractivity contribution in [2.75, 3.05) is 26.7 Å². The van der Waals surface area contributed by atoms with E-state index in [1.165, 1.54) is 0 Å². The van der Waals surface area contributed by atoms with E-state index in [9.17, 15) is 9.59 Å². The fourth-order valence-electron chi connectivity index (χ4n) is 3.08. The number of carbonyl (C=O) groups excluding carboxylic acids is 2. The molecule has 0 saturated carbocycles. The summed E-state index contributed by atoms with van der Waals surface area (Å²) in [6.45, 7) is 3.28. The number of fused-ring (bicyclic) bond motifs is 1. The normalized spacial score (nSPS) is 24.7. The second-order valence-electron chi connectivity index (χ2n) is 6.01. The zero-order valence-corrected chi connectivity index (χ0v) is 13.5. The maximum atomic E-state index is 12.4. The highest BCUT2D eigenvalue weighted by molar-refractivity contribution is 5.79. The van der Waals surface area contributed by atoms with Gasteiger partial charge in [-0.1, -0.05) is 12.1 Å². The van der Waals surface area contributed by atoms with E-state index >= 15 is 0 Å². The Morgan fingerprint density at radius 3 is 3.00 bits per heavy atom. The molecule has 1 aromatic heterocycles. The first kappa shape index (κ1) is 15.9. The molecule has 0 N–H and O–H groups in total. The second-order valence-corrected chi connectivity index (χ2v) is 6.01. The molecule has 0 bridgehead atoms. The maximum Gasteiger partial charge on any atom is 0.248 e. The van der Waals surface area contributed by atoms with Crippen LogP contribution in [0.3, 0.4) is 0 Å². The average molecular weight is 322 g/mol. The van der Waals surface area contributed by atoms with Gasteiger partial charge in [-0.05, 0) is 6.42 Å². The van der Waals surface area contributed by atoms with Crippen molar-refractivity contribution >= 4 is 11.8 Å². The summed E-state index contributed by atoms with van der Waals surface area (Å²) in [5.74, 6) is 1.18. The topological polar surface area (TPSA) is 88.8 Å². The fraction of sp³-hybridized carbons (Fsp3) is 0.733. The van der Waals surface area contributed by atoms with Gasteiger partial charge in [0, 0.05) is 39.4 Å². The lowest BCUT2D eigenvalue weighted by Gasteiger charge is -2.45. The van der Waals surface area contributed by atoms with Gasteiger partial charge < -0.3 is 19.1 Å². The first-order valence-corrected chi connectivity index (χ1v) is 8.05. The zero-order valence-electron chi connectivity index (χ0n) is 13.5. The molecule has 0 aromatic carbocycles. The lowest BCUT2D eigenvalue weighted by Crippen LogP contribution is -2.61. The van der Waals surface area contributed by atoms with Crippen LogP contribution in [-0.2, 0) is 27.2 Å². The van der Waals surface area contributed by atoms with Crippen LogP contribution in [-0.4, -0.2) is 70.6 Å². The van der Waals surface area contributed by atoms with Crippen molar-refractivity contribution in [2.45, 2.75) is 44.8 Å². The highest BCUT2D eigenvalue weighted by Gasteiger charge is 2.39. The number of piperidine rings is 1. The molecule has 2 fully saturated rings. The number of morpholine rings is 1. The summed E-state index contributed by atoms with van der Waals surface area (Å²) in [7, 11) is 1.78. The van der Waals surface area contributed by atoms with Crippen molar-refractivity contribution < 1.29 is 18.8 Å². The third-order valence-corrected chi connectivity index (χ3v) is 4.56. The molecule has 1 aromatic rings. The molecule has 2 atom stereocenters. The SMILES string of the molecule is CCc1noc(CCC(=O)N2CC[C@H]3OCC(=O)N(C)[C@H]3C2)n1. The summed E-state index contributed by atoms with van der Waals surface area (Å²) in [6.07, 6.45) is 2.29. The molecule has 0 aliphatic carbocycles. The quantitative estimate of drug-likeness (QED) is 0.776. The molecule has 126 valence electrons. The molecule has 8 heteroatoms. The first-order valence-electron chi connectivity index (χ1n) is 8.05. The Hall–Kier alpha value is -1.96. The van der Waals surface area contributed by atoms with E-state index in [1.807, 2.05) is 6.92 Å². The minimum absolute atomic E-state index is 0.0292. The average Bonchev–Trinajstić information content (AvgIpc) is 3.04. The van der Waals surface area contributed by atoms with E-state index in [1.54, 1.807) is 16.8 Å². The molecular weight excluding hydrogens is 300 g/mol. The molecule has 0 spiro atoms. The molecule has 3 heterocycles. The van der Waals surface area contributed by atoms with Crippen molar-refractivity contribution in [3.63, 3.8) is 0 Å². The minimum atomic E-state index is -0.0518. The number of aromatic nitrogens is 2. The third kappa shape index (κ3) is 3.36. The third-order valence-electron chi connectivity index (χ3n) is 4.56. The van der Waals surface area contributed by atoms with Crippen LogP contribution >= 0.6 is 0 Å². The van der Waals surface area contributed by atoms with Gasteiger partial charge in [0.1, 0.15) is 6.61 Å². The minimum Gasteiger partial charge on any atom is -0.366 e. The van der Waals surface area contributed by atoms with Crippen molar-refractivity contribution in [3.8, 4) is 0 Å². The van der Waals surface area contributed by atoms with E-state index in [0.717, 1.165) is 6.42 Å². The summed E-state index contributed by atoms with van der Waals surface area (Å²) in [5.41, 5.74) is 0. The van der Waals surface area contributed by atoms with Crippen LogP contribution in [0.5, 0.6) is 0 Å². The monoisotopic (exact) mass is 322 g/mol. The highest BCUT2D eigenvalue weighted by Crippen LogP contribution is 2.23. The Morgan fingerprint density at radius 1 is 1.43 bits per heavy atom. The maximum absolute atomic E-state index is 12.4. The van der Waals surface area contributed by atoms with Gasteiger partial charge in [0.05, 0.1) is 12.1 Å². The number of likely N-dealkylation sites (tertiary alicyclic amines) is 1. The molecule has 2 saturated heterocycles. The predicted molar refractivity (Wildman–Crippen MR) is 79.5 cm³/mol. The van der Waals surface area contributed by atoms with Crippen LogP contribution < -0.4 is 0 Å².